The Balaban J connectivity index is 2.26. The van der Waals surface area contributed by atoms with Crippen molar-refractivity contribution in [2.45, 2.75) is 78.4 Å². The second-order valence-corrected chi connectivity index (χ2v) is 8.70. The van der Waals surface area contributed by atoms with Gasteiger partial charge in [-0.1, -0.05) is 19.8 Å². The fraction of sp³-hybridized carbons (Fsp3) is 0.652. The van der Waals surface area contributed by atoms with Crippen LogP contribution in [0.1, 0.15) is 65.4 Å². The van der Waals surface area contributed by atoms with Gasteiger partial charge in [-0.25, -0.2) is 4.79 Å². The first-order chi connectivity index (χ1) is 13.7. The molecule has 2 N–H and O–H groups in total. The molecule has 1 aromatic rings. The number of benzene rings is 1. The number of carbonyl (C=O) groups excluding carboxylic acids is 2. The van der Waals surface area contributed by atoms with E-state index in [4.69, 9.17) is 0 Å². The molecule has 1 aliphatic rings. The van der Waals surface area contributed by atoms with E-state index in [-0.39, 0.29) is 29.9 Å². The highest BCUT2D eigenvalue weighted by molar-refractivity contribution is 5.93. The summed E-state index contributed by atoms with van der Waals surface area (Å²) in [7, 11) is 3.99. The summed E-state index contributed by atoms with van der Waals surface area (Å²) in [4.78, 5) is 29.3. The summed E-state index contributed by atoms with van der Waals surface area (Å²) in [5.41, 5.74) is 2.88. The van der Waals surface area contributed by atoms with E-state index in [0.717, 1.165) is 49.0 Å². The van der Waals surface area contributed by atoms with Crippen molar-refractivity contribution in [2.24, 2.45) is 5.92 Å². The van der Waals surface area contributed by atoms with Crippen molar-refractivity contribution in [3.8, 4) is 0 Å². The number of nitrogens with one attached hydrogen (secondary N) is 2. The maximum atomic E-state index is 12.8. The lowest BCUT2D eigenvalue weighted by atomic mass is 10.1. The Bertz CT molecular complexity index is 696. The van der Waals surface area contributed by atoms with E-state index in [1.54, 1.807) is 0 Å². The fourth-order valence-electron chi connectivity index (χ4n) is 3.82. The molecule has 0 aromatic heterocycles. The zero-order chi connectivity index (χ0) is 21.6. The van der Waals surface area contributed by atoms with Crippen LogP contribution in [0.5, 0.6) is 0 Å². The van der Waals surface area contributed by atoms with Gasteiger partial charge in [-0.2, -0.15) is 0 Å². The maximum Gasteiger partial charge on any atom is 0.318 e. The predicted molar refractivity (Wildman–Crippen MR) is 120 cm³/mol. The van der Waals surface area contributed by atoms with Gasteiger partial charge in [0, 0.05) is 50.0 Å². The van der Waals surface area contributed by atoms with Crippen molar-refractivity contribution in [1.29, 1.82) is 0 Å². The number of nitrogens with zero attached hydrogens (tertiary/aromatic N) is 2. The number of anilines is 2. The number of carbonyl (C=O) groups is 2. The SMILES string of the molecule is CC[C@@H](C)N(Cc1cc(NC(=O)C2CCCC2)ccc1N(C)C)C(=O)NC(C)C. The van der Waals surface area contributed by atoms with Gasteiger partial charge in [-0.3, -0.25) is 4.79 Å². The molecule has 162 valence electrons. The monoisotopic (exact) mass is 402 g/mol. The lowest BCUT2D eigenvalue weighted by molar-refractivity contribution is -0.119. The minimum atomic E-state index is -0.0561. The third kappa shape index (κ3) is 6.38. The zero-order valence-electron chi connectivity index (χ0n) is 18.9. The topological polar surface area (TPSA) is 64.7 Å². The first-order valence-corrected chi connectivity index (χ1v) is 10.9. The van der Waals surface area contributed by atoms with Crippen LogP contribution in [0.25, 0.3) is 0 Å². The van der Waals surface area contributed by atoms with Crippen molar-refractivity contribution >= 4 is 23.3 Å². The quantitative estimate of drug-likeness (QED) is 0.668. The second-order valence-electron chi connectivity index (χ2n) is 8.70. The van der Waals surface area contributed by atoms with E-state index < -0.39 is 0 Å². The van der Waals surface area contributed by atoms with E-state index in [1.165, 1.54) is 0 Å². The molecule has 1 saturated carbocycles. The normalized spacial score (nSPS) is 15.3. The molecular weight excluding hydrogens is 364 g/mol. The summed E-state index contributed by atoms with van der Waals surface area (Å²) in [5.74, 6) is 0.239. The van der Waals surface area contributed by atoms with Crippen LogP contribution in [0.15, 0.2) is 18.2 Å². The Morgan fingerprint density at radius 1 is 1.14 bits per heavy atom. The Kier molecular flexibility index (Phi) is 8.35. The van der Waals surface area contributed by atoms with Gasteiger partial charge >= 0.3 is 6.03 Å². The average molecular weight is 403 g/mol. The molecule has 0 heterocycles. The molecule has 2 rings (SSSR count). The second kappa shape index (κ2) is 10.5. The molecule has 29 heavy (non-hydrogen) atoms. The van der Waals surface area contributed by atoms with Gasteiger partial charge in [0.05, 0.1) is 0 Å². The molecular formula is C23H38N4O2. The minimum absolute atomic E-state index is 0.0561. The van der Waals surface area contributed by atoms with Crippen LogP contribution >= 0.6 is 0 Å². The molecule has 1 aromatic carbocycles. The third-order valence-electron chi connectivity index (χ3n) is 5.69. The summed E-state index contributed by atoms with van der Waals surface area (Å²) < 4.78 is 0. The highest BCUT2D eigenvalue weighted by atomic mass is 16.2. The van der Waals surface area contributed by atoms with Crippen molar-refractivity contribution in [1.82, 2.24) is 10.2 Å². The first-order valence-electron chi connectivity index (χ1n) is 10.9. The van der Waals surface area contributed by atoms with Gasteiger partial charge in [0.25, 0.3) is 0 Å². The van der Waals surface area contributed by atoms with Crippen LogP contribution in [0.3, 0.4) is 0 Å². The first kappa shape index (κ1) is 23.0. The molecule has 6 nitrogen and oxygen atoms in total. The Morgan fingerprint density at radius 3 is 2.34 bits per heavy atom. The van der Waals surface area contributed by atoms with E-state index in [9.17, 15) is 9.59 Å². The maximum absolute atomic E-state index is 12.8. The van der Waals surface area contributed by atoms with Gasteiger partial charge in [-0.05, 0) is 63.8 Å². The summed E-state index contributed by atoms with van der Waals surface area (Å²) in [5, 5.41) is 6.11. The van der Waals surface area contributed by atoms with Crippen LogP contribution in [0, 0.1) is 5.92 Å². The van der Waals surface area contributed by atoms with Crippen LogP contribution in [-0.4, -0.2) is 43.0 Å². The smallest absolute Gasteiger partial charge is 0.318 e. The molecule has 1 aliphatic carbocycles. The van der Waals surface area contributed by atoms with Gasteiger partial charge < -0.3 is 20.4 Å². The minimum Gasteiger partial charge on any atom is -0.377 e. The summed E-state index contributed by atoms with van der Waals surface area (Å²) in [6, 6.07) is 6.13. The molecule has 1 atom stereocenters. The van der Waals surface area contributed by atoms with Gasteiger partial charge in [0.1, 0.15) is 0 Å². The number of amides is 3. The molecule has 0 spiro atoms. The number of hydrogen-bond acceptors (Lipinski definition) is 3. The number of urea groups is 1. The van der Waals surface area contributed by atoms with E-state index >= 15 is 0 Å². The molecule has 3 amide bonds. The Labute approximate surface area is 176 Å². The van der Waals surface area contributed by atoms with Crippen molar-refractivity contribution < 1.29 is 9.59 Å². The molecule has 1 fully saturated rings. The van der Waals surface area contributed by atoms with E-state index in [0.29, 0.717) is 6.54 Å². The van der Waals surface area contributed by atoms with E-state index in [1.807, 2.05) is 55.9 Å². The summed E-state index contributed by atoms with van der Waals surface area (Å²) in [6.45, 7) is 8.59. The molecule has 0 bridgehead atoms. The number of rotatable bonds is 8. The summed E-state index contributed by atoms with van der Waals surface area (Å²) >= 11 is 0. The van der Waals surface area contributed by atoms with Crippen LogP contribution < -0.4 is 15.5 Å². The fourth-order valence-corrected chi connectivity index (χ4v) is 3.82. The summed E-state index contributed by atoms with van der Waals surface area (Å²) in [6.07, 6.45) is 5.10. The Morgan fingerprint density at radius 2 is 1.79 bits per heavy atom. The van der Waals surface area contributed by atoms with Gasteiger partial charge in [0.2, 0.25) is 5.91 Å². The standard InChI is InChI=1S/C23H38N4O2/c1-7-17(4)27(23(29)24-16(2)3)15-19-14-20(12-13-21(19)26(5)6)25-22(28)18-10-8-9-11-18/h12-14,16-18H,7-11,15H2,1-6H3,(H,24,29)(H,25,28)/t17-/m1/s1. The lowest BCUT2D eigenvalue weighted by Crippen LogP contribution is -2.46. The predicted octanol–water partition coefficient (Wildman–Crippen LogP) is 4.60. The molecule has 0 unspecified atom stereocenters. The molecule has 0 saturated heterocycles. The van der Waals surface area contributed by atoms with Crippen LogP contribution in [-0.2, 0) is 11.3 Å². The highest BCUT2D eigenvalue weighted by Crippen LogP contribution is 2.28. The largest absolute Gasteiger partial charge is 0.377 e. The Hall–Kier alpha value is -2.24. The average Bonchev–Trinajstić information content (AvgIpc) is 3.19. The van der Waals surface area contributed by atoms with Crippen molar-refractivity contribution in [3.05, 3.63) is 23.8 Å². The lowest BCUT2D eigenvalue weighted by Gasteiger charge is -2.31. The van der Waals surface area contributed by atoms with Crippen molar-refractivity contribution in [3.63, 3.8) is 0 Å². The van der Waals surface area contributed by atoms with Gasteiger partial charge in [-0.15, -0.1) is 0 Å². The third-order valence-corrected chi connectivity index (χ3v) is 5.69. The van der Waals surface area contributed by atoms with Gasteiger partial charge in [0.15, 0.2) is 0 Å². The zero-order valence-corrected chi connectivity index (χ0v) is 18.9. The molecule has 0 aliphatic heterocycles. The highest BCUT2D eigenvalue weighted by Gasteiger charge is 2.24. The number of hydrogen-bond donors (Lipinski definition) is 2. The molecule has 6 heteroatoms. The van der Waals surface area contributed by atoms with E-state index in [2.05, 4.69) is 24.5 Å². The van der Waals surface area contributed by atoms with Crippen LogP contribution in [0.4, 0.5) is 16.2 Å². The van der Waals surface area contributed by atoms with Crippen molar-refractivity contribution in [2.75, 3.05) is 24.3 Å². The van der Waals surface area contributed by atoms with Crippen LogP contribution in [0.2, 0.25) is 0 Å². The molecule has 0 radical (unpaired) electrons.